The number of nitriles is 1. The minimum atomic E-state index is -5.08. The highest BCUT2D eigenvalue weighted by Gasteiger charge is 2.39. The maximum atomic E-state index is 10.6. The van der Waals surface area contributed by atoms with Crippen LogP contribution >= 0.6 is 0 Å². The molecule has 0 radical (unpaired) electrons. The van der Waals surface area contributed by atoms with Crippen LogP contribution in [0.25, 0.3) is 0 Å². The van der Waals surface area contributed by atoms with Gasteiger partial charge < -0.3 is 19.7 Å². The Morgan fingerprint density at radius 2 is 1.37 bits per heavy atom. The smallest absolute Gasteiger partial charge is 0.475 e. The molecule has 1 aromatic heterocycles. The molecule has 0 unspecified atom stereocenters. The number of benzene rings is 3. The molecule has 5 rings (SSSR count). The molecule has 0 bridgehead atoms. The van der Waals surface area contributed by atoms with E-state index in [1.165, 1.54) is 35.2 Å². The number of imidazole rings is 1. The first-order valence-electron chi connectivity index (χ1n) is 15.1. The normalized spacial score (nSPS) is 14.9. The fourth-order valence-electron chi connectivity index (χ4n) is 5.34. The van der Waals surface area contributed by atoms with Gasteiger partial charge in [-0.1, -0.05) is 72.8 Å². The van der Waals surface area contributed by atoms with Crippen LogP contribution in [0.4, 0.5) is 26.3 Å². The fraction of sp³-hybridized carbons (Fsp3) is 0.314. The number of rotatable bonds is 8. The summed E-state index contributed by atoms with van der Waals surface area (Å²) in [4.78, 5) is 24.9. The molecule has 14 heteroatoms. The quantitative estimate of drug-likeness (QED) is 0.189. The Kier molecular flexibility index (Phi) is 13.9. The summed E-state index contributed by atoms with van der Waals surface area (Å²) >= 11 is 0. The van der Waals surface area contributed by atoms with Gasteiger partial charge in [-0.2, -0.15) is 31.6 Å². The number of piperidine rings is 1. The summed E-state index contributed by atoms with van der Waals surface area (Å²) in [5, 5.41) is 23.3. The monoisotopic (exact) mass is 688 g/mol. The minimum Gasteiger partial charge on any atom is -0.475 e. The van der Waals surface area contributed by atoms with Crippen LogP contribution < -0.4 is 0 Å². The average Bonchev–Trinajstić information content (AvgIpc) is 3.50. The highest BCUT2D eigenvalue weighted by Crippen LogP contribution is 2.28. The van der Waals surface area contributed by atoms with Crippen molar-refractivity contribution >= 4 is 11.9 Å². The molecular formula is C35H34F6N4O4. The van der Waals surface area contributed by atoms with Crippen LogP contribution in [-0.2, 0) is 22.6 Å². The van der Waals surface area contributed by atoms with E-state index in [-0.39, 0.29) is 0 Å². The molecule has 1 aliphatic heterocycles. The molecule has 0 spiro atoms. The summed E-state index contributed by atoms with van der Waals surface area (Å²) in [6.45, 7) is 4.33. The van der Waals surface area contributed by atoms with Crippen LogP contribution in [0.15, 0.2) is 97.5 Å². The number of hydrogen-bond donors (Lipinski definition) is 2. The number of aliphatic carboxylic acids is 2. The van der Waals surface area contributed by atoms with E-state index in [1.807, 2.05) is 36.8 Å². The van der Waals surface area contributed by atoms with Crippen molar-refractivity contribution in [2.24, 2.45) is 5.92 Å². The van der Waals surface area contributed by atoms with Gasteiger partial charge in [0, 0.05) is 43.9 Å². The minimum absolute atomic E-state index is 0.385. The van der Waals surface area contributed by atoms with Crippen LogP contribution in [0.1, 0.15) is 46.7 Å². The molecule has 260 valence electrons. The van der Waals surface area contributed by atoms with E-state index in [9.17, 15) is 26.3 Å². The number of likely N-dealkylation sites (tertiary alicyclic amines) is 1. The molecule has 1 aliphatic rings. The van der Waals surface area contributed by atoms with Gasteiger partial charge in [0.25, 0.3) is 0 Å². The number of carbonyl (C=O) groups is 2. The van der Waals surface area contributed by atoms with Crippen molar-refractivity contribution in [2.45, 2.75) is 44.1 Å². The van der Waals surface area contributed by atoms with Gasteiger partial charge in [-0.05, 0) is 54.1 Å². The van der Waals surface area contributed by atoms with Crippen LogP contribution in [0.3, 0.4) is 0 Å². The topological polar surface area (TPSA) is 119 Å². The van der Waals surface area contributed by atoms with Crippen molar-refractivity contribution in [2.75, 3.05) is 19.6 Å². The molecule has 0 saturated carbocycles. The third kappa shape index (κ3) is 12.8. The van der Waals surface area contributed by atoms with Crippen molar-refractivity contribution in [3.05, 3.63) is 125 Å². The van der Waals surface area contributed by atoms with Gasteiger partial charge >= 0.3 is 24.3 Å². The molecule has 1 saturated heterocycles. The van der Waals surface area contributed by atoms with E-state index in [0.717, 1.165) is 32.6 Å². The Labute approximate surface area is 278 Å². The first-order chi connectivity index (χ1) is 23.2. The van der Waals surface area contributed by atoms with E-state index in [4.69, 9.17) is 25.1 Å². The summed E-state index contributed by atoms with van der Waals surface area (Å²) < 4.78 is 65.8. The largest absolute Gasteiger partial charge is 0.490 e. The SMILES string of the molecule is N#Cc1ccc(Cc2cncn2C[C@H]2CCCN(CC(c3ccccc3)c3ccccc3)C2)cc1.O=C(O)C(F)(F)F.O=C(O)C(F)(F)F. The Bertz CT molecular complexity index is 1590. The first-order valence-corrected chi connectivity index (χ1v) is 15.1. The third-order valence-corrected chi connectivity index (χ3v) is 7.65. The molecule has 1 fully saturated rings. The second-order valence-corrected chi connectivity index (χ2v) is 11.3. The van der Waals surface area contributed by atoms with E-state index in [1.54, 1.807) is 0 Å². The Hall–Kier alpha value is -5.16. The highest BCUT2D eigenvalue weighted by molar-refractivity contribution is 5.73. The van der Waals surface area contributed by atoms with Crippen LogP contribution in [0, 0.1) is 17.2 Å². The zero-order valence-electron chi connectivity index (χ0n) is 26.1. The van der Waals surface area contributed by atoms with Gasteiger partial charge in [0.1, 0.15) is 0 Å². The molecule has 2 heterocycles. The van der Waals surface area contributed by atoms with Crippen molar-refractivity contribution in [3.8, 4) is 6.07 Å². The number of carboxylic acids is 2. The molecule has 8 nitrogen and oxygen atoms in total. The van der Waals surface area contributed by atoms with Gasteiger partial charge in [0.2, 0.25) is 0 Å². The Balaban J connectivity index is 0.000000392. The van der Waals surface area contributed by atoms with Gasteiger partial charge in [-0.25, -0.2) is 14.6 Å². The van der Waals surface area contributed by atoms with E-state index in [2.05, 4.69) is 81.2 Å². The summed E-state index contributed by atoms with van der Waals surface area (Å²) in [5.74, 6) is -4.51. The number of nitrogens with zero attached hydrogens (tertiary/aromatic N) is 4. The Morgan fingerprint density at radius 3 is 1.84 bits per heavy atom. The summed E-state index contributed by atoms with van der Waals surface area (Å²) in [7, 11) is 0. The predicted molar refractivity (Wildman–Crippen MR) is 167 cm³/mol. The molecule has 3 aromatic carbocycles. The first kappa shape index (κ1) is 38.3. The van der Waals surface area contributed by atoms with E-state index >= 15 is 0 Å². The number of aromatic nitrogens is 2. The van der Waals surface area contributed by atoms with Gasteiger partial charge in [-0.15, -0.1) is 0 Å². The predicted octanol–water partition coefficient (Wildman–Crippen LogP) is 7.16. The van der Waals surface area contributed by atoms with Crippen LogP contribution in [0.2, 0.25) is 0 Å². The second kappa shape index (κ2) is 17.8. The maximum absolute atomic E-state index is 10.6. The summed E-state index contributed by atoms with van der Waals surface area (Å²) in [5.41, 5.74) is 5.93. The molecule has 49 heavy (non-hydrogen) atoms. The maximum Gasteiger partial charge on any atom is 0.490 e. The highest BCUT2D eigenvalue weighted by atomic mass is 19.4. The second-order valence-electron chi connectivity index (χ2n) is 11.3. The zero-order valence-corrected chi connectivity index (χ0v) is 26.1. The number of carboxylic acid groups (broad SMARTS) is 2. The molecule has 4 aromatic rings. The number of hydrogen-bond acceptors (Lipinski definition) is 5. The summed E-state index contributed by atoms with van der Waals surface area (Å²) in [6.07, 6.45) is -2.87. The lowest BCUT2D eigenvalue weighted by atomic mass is 9.89. The summed E-state index contributed by atoms with van der Waals surface area (Å²) in [6, 6.07) is 31.9. The standard InChI is InChI=1S/C31H32N4.2C2HF3O2/c32-19-26-15-13-25(14-16-26)18-30-20-33-24-35(30)22-27-8-7-17-34(21-27)23-31(28-9-3-1-4-10-28)29-11-5-2-6-12-29;2*3-2(4,5)1(6)7/h1-6,9-16,20,24,27,31H,7-8,17-18,21-23H2;2*(H,6,7)/t27-;;/m0../s1. The van der Waals surface area contributed by atoms with Gasteiger partial charge in [-0.3, -0.25) is 0 Å². The zero-order chi connectivity index (χ0) is 36.0. The lowest BCUT2D eigenvalue weighted by Gasteiger charge is -2.35. The van der Waals surface area contributed by atoms with Gasteiger partial charge in [0.05, 0.1) is 18.0 Å². The van der Waals surface area contributed by atoms with E-state index in [0.29, 0.717) is 17.4 Å². The fourth-order valence-corrected chi connectivity index (χ4v) is 5.34. The lowest BCUT2D eigenvalue weighted by molar-refractivity contribution is -0.193. The van der Waals surface area contributed by atoms with Crippen LogP contribution in [-0.4, -0.2) is 68.6 Å². The molecule has 2 N–H and O–H groups in total. The molecule has 1 atom stereocenters. The van der Waals surface area contributed by atoms with Crippen molar-refractivity contribution in [3.63, 3.8) is 0 Å². The number of alkyl halides is 6. The van der Waals surface area contributed by atoms with Crippen molar-refractivity contribution in [1.29, 1.82) is 5.26 Å². The molecular weight excluding hydrogens is 654 g/mol. The average molecular weight is 689 g/mol. The molecule has 0 amide bonds. The van der Waals surface area contributed by atoms with E-state index < -0.39 is 24.3 Å². The van der Waals surface area contributed by atoms with Crippen LogP contribution in [0.5, 0.6) is 0 Å². The van der Waals surface area contributed by atoms with Crippen molar-refractivity contribution < 1.29 is 46.1 Å². The molecule has 0 aliphatic carbocycles. The lowest BCUT2D eigenvalue weighted by Crippen LogP contribution is -2.39. The van der Waals surface area contributed by atoms with Gasteiger partial charge in [0.15, 0.2) is 0 Å². The van der Waals surface area contributed by atoms with Crippen molar-refractivity contribution in [1.82, 2.24) is 14.5 Å². The number of halogens is 6. The Morgan fingerprint density at radius 1 is 0.857 bits per heavy atom. The third-order valence-electron chi connectivity index (χ3n) is 7.65.